The maximum Gasteiger partial charge on any atom is 0.306 e. The van der Waals surface area contributed by atoms with Gasteiger partial charge in [-0.25, -0.2) is 0 Å². The zero-order valence-electron chi connectivity index (χ0n) is 17.5. The van der Waals surface area contributed by atoms with E-state index in [-0.39, 0.29) is 12.0 Å². The van der Waals surface area contributed by atoms with E-state index in [2.05, 4.69) is 10.3 Å². The molecule has 2 rings (SSSR count). The van der Waals surface area contributed by atoms with Gasteiger partial charge in [0.25, 0.3) is 11.5 Å². The van der Waals surface area contributed by atoms with Gasteiger partial charge in [-0.3, -0.25) is 14.4 Å². The molecule has 0 aliphatic heterocycles. The molecule has 0 saturated heterocycles. The first-order valence-electron chi connectivity index (χ1n) is 9.49. The van der Waals surface area contributed by atoms with Crippen LogP contribution in [0.25, 0.3) is 0 Å². The van der Waals surface area contributed by atoms with E-state index in [1.807, 2.05) is 18.2 Å². The second-order valence-corrected chi connectivity index (χ2v) is 6.87. The lowest BCUT2D eigenvalue weighted by Crippen LogP contribution is -2.35. The van der Waals surface area contributed by atoms with Crippen molar-refractivity contribution in [2.45, 2.75) is 46.3 Å². The number of nitrogens with one attached hydrogen (secondary N) is 2. The third-order valence-electron chi connectivity index (χ3n) is 4.80. The number of carbonyl (C=O) groups excluding carboxylic acids is 2. The van der Waals surface area contributed by atoms with Gasteiger partial charge in [0.05, 0.1) is 7.11 Å². The van der Waals surface area contributed by atoms with E-state index in [4.69, 9.17) is 14.7 Å². The Morgan fingerprint density at radius 2 is 1.90 bits per heavy atom. The minimum absolute atomic E-state index is 0.0225. The number of pyridine rings is 1. The molecule has 1 atom stereocenters. The van der Waals surface area contributed by atoms with Gasteiger partial charge in [0.2, 0.25) is 0 Å². The molecule has 158 valence electrons. The fourth-order valence-corrected chi connectivity index (χ4v) is 3.03. The van der Waals surface area contributed by atoms with Gasteiger partial charge in [0, 0.05) is 18.7 Å². The highest BCUT2D eigenvalue weighted by Gasteiger charge is 2.19. The minimum atomic E-state index is -0.941. The van der Waals surface area contributed by atoms with Gasteiger partial charge in [-0.1, -0.05) is 12.1 Å². The lowest BCUT2D eigenvalue weighted by Gasteiger charge is -2.15. The molecule has 0 aliphatic rings. The van der Waals surface area contributed by atoms with E-state index in [1.54, 1.807) is 33.1 Å². The van der Waals surface area contributed by atoms with Crippen molar-refractivity contribution in [2.75, 3.05) is 7.11 Å². The van der Waals surface area contributed by atoms with Crippen molar-refractivity contribution >= 4 is 11.9 Å². The van der Waals surface area contributed by atoms with Crippen molar-refractivity contribution in [3.05, 3.63) is 62.6 Å². The van der Waals surface area contributed by atoms with Gasteiger partial charge in [-0.05, 0) is 56.0 Å². The average Bonchev–Trinajstić information content (AvgIpc) is 2.72. The summed E-state index contributed by atoms with van der Waals surface area (Å²) in [6.07, 6.45) is -0.625. The Balaban J connectivity index is 1.87. The van der Waals surface area contributed by atoms with Crippen LogP contribution < -0.4 is 15.6 Å². The van der Waals surface area contributed by atoms with E-state index in [9.17, 15) is 14.4 Å². The summed E-state index contributed by atoms with van der Waals surface area (Å²) in [5, 5.41) is 11.8. The molecule has 0 saturated carbocycles. The lowest BCUT2D eigenvalue weighted by atomic mass is 9.99. The summed E-state index contributed by atoms with van der Waals surface area (Å²) in [5.74, 6) is -0.213. The number of methoxy groups -OCH3 is 1. The Morgan fingerprint density at radius 1 is 1.23 bits per heavy atom. The van der Waals surface area contributed by atoms with Crippen LogP contribution >= 0.6 is 0 Å². The van der Waals surface area contributed by atoms with Crippen molar-refractivity contribution in [2.24, 2.45) is 0 Å². The van der Waals surface area contributed by atoms with Crippen LogP contribution in [0.5, 0.6) is 5.75 Å². The molecule has 2 N–H and O–H groups in total. The molecule has 1 aromatic heterocycles. The predicted molar refractivity (Wildman–Crippen MR) is 110 cm³/mol. The third kappa shape index (κ3) is 5.70. The number of aryl methyl sites for hydroxylation is 1. The van der Waals surface area contributed by atoms with E-state index >= 15 is 0 Å². The largest absolute Gasteiger partial charge is 0.497 e. The SMILES string of the molecule is COc1ccc(CNC(=O)[C@H](C)OC(=O)CCc2c(C)[nH]c(=O)c(C#N)c2C)cc1. The molecule has 0 bridgehead atoms. The van der Waals surface area contributed by atoms with Crippen molar-refractivity contribution < 1.29 is 19.1 Å². The number of benzene rings is 1. The minimum Gasteiger partial charge on any atom is -0.497 e. The molecule has 0 spiro atoms. The van der Waals surface area contributed by atoms with E-state index < -0.39 is 23.5 Å². The molecule has 0 radical (unpaired) electrons. The summed E-state index contributed by atoms with van der Waals surface area (Å²) >= 11 is 0. The first-order valence-corrected chi connectivity index (χ1v) is 9.49. The molecule has 2 aromatic rings. The smallest absolute Gasteiger partial charge is 0.306 e. The summed E-state index contributed by atoms with van der Waals surface area (Å²) in [6, 6.07) is 9.14. The molecule has 0 unspecified atom stereocenters. The number of nitrogens with zero attached hydrogens (tertiary/aromatic N) is 1. The van der Waals surface area contributed by atoms with Gasteiger partial charge in [0.1, 0.15) is 17.4 Å². The Kier molecular flexibility index (Phi) is 7.76. The number of nitriles is 1. The highest BCUT2D eigenvalue weighted by molar-refractivity contribution is 5.83. The summed E-state index contributed by atoms with van der Waals surface area (Å²) in [6.45, 7) is 5.20. The fraction of sp³-hybridized carbons (Fsp3) is 0.364. The molecular formula is C22H25N3O5. The molecule has 0 aliphatic carbocycles. The number of aromatic amines is 1. The molecule has 1 heterocycles. The van der Waals surface area contributed by atoms with E-state index in [0.717, 1.165) is 16.9 Å². The molecular weight excluding hydrogens is 386 g/mol. The number of amides is 1. The second-order valence-electron chi connectivity index (χ2n) is 6.87. The number of hydrogen-bond acceptors (Lipinski definition) is 6. The highest BCUT2D eigenvalue weighted by atomic mass is 16.5. The zero-order valence-corrected chi connectivity index (χ0v) is 17.5. The van der Waals surface area contributed by atoms with Gasteiger partial charge < -0.3 is 19.8 Å². The van der Waals surface area contributed by atoms with Gasteiger partial charge in [-0.2, -0.15) is 5.26 Å². The predicted octanol–water partition coefficient (Wildman–Crippen LogP) is 2.05. The van der Waals surface area contributed by atoms with E-state index in [1.165, 1.54) is 6.92 Å². The van der Waals surface area contributed by atoms with Gasteiger partial charge in [-0.15, -0.1) is 0 Å². The summed E-state index contributed by atoms with van der Waals surface area (Å²) in [7, 11) is 1.58. The van der Waals surface area contributed by atoms with Crippen molar-refractivity contribution in [3.8, 4) is 11.8 Å². The van der Waals surface area contributed by atoms with Crippen molar-refractivity contribution in [1.29, 1.82) is 5.26 Å². The normalized spacial score (nSPS) is 11.3. The molecule has 0 fully saturated rings. The Labute approximate surface area is 174 Å². The molecule has 8 heteroatoms. The van der Waals surface area contributed by atoms with Crippen LogP contribution in [0.15, 0.2) is 29.1 Å². The number of aromatic nitrogens is 1. The van der Waals surface area contributed by atoms with Gasteiger partial charge in [0.15, 0.2) is 6.10 Å². The molecule has 1 amide bonds. The van der Waals surface area contributed by atoms with Crippen LogP contribution in [-0.2, 0) is 27.3 Å². The number of carbonyl (C=O) groups is 2. The van der Waals surface area contributed by atoms with Crippen molar-refractivity contribution in [3.63, 3.8) is 0 Å². The quantitative estimate of drug-likeness (QED) is 0.641. The highest BCUT2D eigenvalue weighted by Crippen LogP contribution is 2.15. The van der Waals surface area contributed by atoms with Crippen LogP contribution in [0.3, 0.4) is 0 Å². The number of H-pyrrole nitrogens is 1. The molecule has 30 heavy (non-hydrogen) atoms. The topological polar surface area (TPSA) is 121 Å². The standard InChI is InChI=1S/C22H25N3O5/c1-13-18(14(2)25-22(28)19(13)11-23)9-10-20(26)30-15(3)21(27)24-12-16-5-7-17(29-4)8-6-16/h5-8,15H,9-10,12H2,1-4H3,(H,24,27)(H,25,28)/t15-/m0/s1. The van der Waals surface area contributed by atoms with Crippen LogP contribution in [-0.4, -0.2) is 30.1 Å². The second kappa shape index (κ2) is 10.3. The number of ether oxygens (including phenoxy) is 2. The Bertz CT molecular complexity index is 1020. The summed E-state index contributed by atoms with van der Waals surface area (Å²) < 4.78 is 10.3. The Morgan fingerprint density at radius 3 is 2.50 bits per heavy atom. The van der Waals surface area contributed by atoms with Crippen LogP contribution in [0.4, 0.5) is 0 Å². The fourth-order valence-electron chi connectivity index (χ4n) is 3.03. The van der Waals surface area contributed by atoms with Gasteiger partial charge >= 0.3 is 5.97 Å². The van der Waals surface area contributed by atoms with Crippen molar-refractivity contribution in [1.82, 2.24) is 10.3 Å². The number of esters is 1. The van der Waals surface area contributed by atoms with Crippen LogP contribution in [0.1, 0.15) is 41.3 Å². The maximum absolute atomic E-state index is 12.2. The molecule has 8 nitrogen and oxygen atoms in total. The van der Waals surface area contributed by atoms with Crippen LogP contribution in [0.2, 0.25) is 0 Å². The zero-order chi connectivity index (χ0) is 22.3. The third-order valence-corrected chi connectivity index (χ3v) is 4.80. The molecule has 1 aromatic carbocycles. The average molecular weight is 411 g/mol. The number of hydrogen-bond donors (Lipinski definition) is 2. The lowest BCUT2D eigenvalue weighted by molar-refractivity contribution is -0.154. The first-order chi connectivity index (χ1) is 14.3. The maximum atomic E-state index is 12.2. The van der Waals surface area contributed by atoms with E-state index in [0.29, 0.717) is 24.2 Å². The number of rotatable bonds is 8. The first kappa shape index (κ1) is 22.7. The summed E-state index contributed by atoms with van der Waals surface area (Å²) in [4.78, 5) is 38.8. The van der Waals surface area contributed by atoms with Crippen LogP contribution in [0, 0.1) is 25.2 Å². The Hall–Kier alpha value is -3.60. The summed E-state index contributed by atoms with van der Waals surface area (Å²) in [5.41, 5.74) is 2.36. The monoisotopic (exact) mass is 411 g/mol.